The van der Waals surface area contributed by atoms with Gasteiger partial charge in [-0.2, -0.15) is 0 Å². The molecule has 0 aromatic carbocycles. The molecule has 0 radical (unpaired) electrons. The zero-order valence-electron chi connectivity index (χ0n) is 8.17. The Labute approximate surface area is 79.8 Å². The van der Waals surface area contributed by atoms with E-state index in [1.165, 1.54) is 32.1 Å². The lowest BCUT2D eigenvalue weighted by atomic mass is 9.68. The summed E-state index contributed by atoms with van der Waals surface area (Å²) in [6.45, 7) is 1.70. The van der Waals surface area contributed by atoms with Crippen LogP contribution in [-0.4, -0.2) is 19.3 Å². The van der Waals surface area contributed by atoms with Gasteiger partial charge >= 0.3 is 0 Å². The fourth-order valence-corrected chi connectivity index (χ4v) is 4.21. The number of hydrogen-bond donors (Lipinski definition) is 1. The van der Waals surface area contributed by atoms with Gasteiger partial charge in [0.05, 0.1) is 6.10 Å². The van der Waals surface area contributed by atoms with Gasteiger partial charge in [0.1, 0.15) is 0 Å². The molecule has 3 aliphatic rings. The smallest absolute Gasteiger partial charge is 0.0756 e. The van der Waals surface area contributed by atoms with Crippen LogP contribution in [0, 0.1) is 17.3 Å². The molecule has 1 saturated heterocycles. The van der Waals surface area contributed by atoms with E-state index < -0.39 is 0 Å². The van der Waals surface area contributed by atoms with E-state index in [1.54, 1.807) is 0 Å². The first-order valence-corrected chi connectivity index (χ1v) is 5.67. The lowest BCUT2D eigenvalue weighted by molar-refractivity contribution is 0.0241. The quantitative estimate of drug-likeness (QED) is 0.666. The van der Waals surface area contributed by atoms with Gasteiger partial charge in [0, 0.05) is 18.6 Å². The highest BCUT2D eigenvalue weighted by Crippen LogP contribution is 2.61. The van der Waals surface area contributed by atoms with Crippen LogP contribution in [0.1, 0.15) is 32.1 Å². The second-order valence-corrected chi connectivity index (χ2v) is 5.16. The molecule has 1 aliphatic heterocycles. The van der Waals surface area contributed by atoms with Crippen molar-refractivity contribution in [2.24, 2.45) is 23.0 Å². The van der Waals surface area contributed by atoms with Crippen molar-refractivity contribution in [3.05, 3.63) is 0 Å². The van der Waals surface area contributed by atoms with E-state index in [9.17, 15) is 0 Å². The maximum absolute atomic E-state index is 5.80. The van der Waals surface area contributed by atoms with Gasteiger partial charge in [0.2, 0.25) is 0 Å². The fraction of sp³-hybridized carbons (Fsp3) is 1.00. The Morgan fingerprint density at radius 1 is 1.38 bits per heavy atom. The Kier molecular flexibility index (Phi) is 1.72. The molecule has 1 spiro atoms. The molecule has 2 N–H and O–H groups in total. The Balaban J connectivity index is 1.88. The van der Waals surface area contributed by atoms with Crippen LogP contribution in [0.3, 0.4) is 0 Å². The third-order valence-electron chi connectivity index (χ3n) is 4.76. The molecule has 2 heteroatoms. The van der Waals surface area contributed by atoms with Gasteiger partial charge in [-0.3, -0.25) is 0 Å². The highest BCUT2D eigenvalue weighted by atomic mass is 16.5. The molecule has 74 valence electrons. The van der Waals surface area contributed by atoms with Gasteiger partial charge in [-0.25, -0.2) is 0 Å². The second-order valence-electron chi connectivity index (χ2n) is 5.16. The number of hydrogen-bond acceptors (Lipinski definition) is 2. The molecule has 0 aromatic heterocycles. The van der Waals surface area contributed by atoms with Crippen LogP contribution in [0.25, 0.3) is 0 Å². The largest absolute Gasteiger partial charge is 0.376 e. The Hall–Kier alpha value is -0.0800. The van der Waals surface area contributed by atoms with E-state index in [1.807, 2.05) is 0 Å². The van der Waals surface area contributed by atoms with Crippen molar-refractivity contribution in [3.63, 3.8) is 0 Å². The molecule has 4 unspecified atom stereocenters. The minimum Gasteiger partial charge on any atom is -0.376 e. The summed E-state index contributed by atoms with van der Waals surface area (Å²) in [4.78, 5) is 0. The van der Waals surface area contributed by atoms with Gasteiger partial charge < -0.3 is 10.5 Å². The highest BCUT2D eigenvalue weighted by molar-refractivity contribution is 5.06. The van der Waals surface area contributed by atoms with E-state index in [0.29, 0.717) is 11.5 Å². The van der Waals surface area contributed by atoms with E-state index in [0.717, 1.165) is 25.0 Å². The number of nitrogens with two attached hydrogens (primary N) is 1. The van der Waals surface area contributed by atoms with Gasteiger partial charge in [-0.15, -0.1) is 0 Å². The topological polar surface area (TPSA) is 35.2 Å². The predicted octanol–water partition coefficient (Wildman–Crippen LogP) is 1.54. The zero-order chi connectivity index (χ0) is 8.89. The minimum absolute atomic E-state index is 0.391. The van der Waals surface area contributed by atoms with Crippen molar-refractivity contribution in [1.29, 1.82) is 0 Å². The predicted molar refractivity (Wildman–Crippen MR) is 51.3 cm³/mol. The molecule has 1 heterocycles. The first kappa shape index (κ1) is 8.25. The van der Waals surface area contributed by atoms with Crippen molar-refractivity contribution < 1.29 is 4.74 Å². The third kappa shape index (κ3) is 0.962. The van der Waals surface area contributed by atoms with Crippen LogP contribution in [0.15, 0.2) is 0 Å². The average molecular weight is 181 g/mol. The summed E-state index contributed by atoms with van der Waals surface area (Å²) >= 11 is 0. The lowest BCUT2D eigenvalue weighted by Gasteiger charge is -2.37. The summed E-state index contributed by atoms with van der Waals surface area (Å²) in [5.74, 6) is 1.97. The van der Waals surface area contributed by atoms with Gasteiger partial charge in [0.25, 0.3) is 0 Å². The molecule has 3 fully saturated rings. The molecule has 2 bridgehead atoms. The highest BCUT2D eigenvalue weighted by Gasteiger charge is 2.56. The summed E-state index contributed by atoms with van der Waals surface area (Å²) in [7, 11) is 0. The summed E-state index contributed by atoms with van der Waals surface area (Å²) in [6, 6.07) is 0. The van der Waals surface area contributed by atoms with Crippen molar-refractivity contribution in [1.82, 2.24) is 0 Å². The van der Waals surface area contributed by atoms with E-state index in [-0.39, 0.29) is 0 Å². The molecule has 13 heavy (non-hydrogen) atoms. The monoisotopic (exact) mass is 181 g/mol. The fourth-order valence-electron chi connectivity index (χ4n) is 4.21. The molecular formula is C11H19NO. The van der Waals surface area contributed by atoms with Crippen LogP contribution >= 0.6 is 0 Å². The maximum atomic E-state index is 5.80. The third-order valence-corrected chi connectivity index (χ3v) is 4.76. The molecule has 4 atom stereocenters. The second kappa shape index (κ2) is 2.71. The molecule has 2 nitrogen and oxygen atoms in total. The first-order valence-electron chi connectivity index (χ1n) is 5.67. The van der Waals surface area contributed by atoms with Crippen LogP contribution in [0.5, 0.6) is 0 Å². The Bertz CT molecular complexity index is 212. The van der Waals surface area contributed by atoms with E-state index in [2.05, 4.69) is 0 Å². The standard InChI is InChI=1S/C11H19NO/c12-7-10-11(3-4-13-10)6-8-1-2-9(11)5-8/h8-10H,1-7,12H2. The molecule has 2 saturated carbocycles. The van der Waals surface area contributed by atoms with Crippen LogP contribution in [0.2, 0.25) is 0 Å². The van der Waals surface area contributed by atoms with E-state index in [4.69, 9.17) is 10.5 Å². The van der Waals surface area contributed by atoms with Gasteiger partial charge in [0.15, 0.2) is 0 Å². The minimum atomic E-state index is 0.391. The summed E-state index contributed by atoms with van der Waals surface area (Å²) < 4.78 is 5.77. The molecule has 2 aliphatic carbocycles. The molecular weight excluding hydrogens is 162 g/mol. The number of ether oxygens (including phenoxy) is 1. The summed E-state index contributed by atoms with van der Waals surface area (Å²) in [6.07, 6.45) is 7.49. The Morgan fingerprint density at radius 3 is 2.92 bits per heavy atom. The van der Waals surface area contributed by atoms with E-state index >= 15 is 0 Å². The van der Waals surface area contributed by atoms with Crippen LogP contribution in [0.4, 0.5) is 0 Å². The SMILES string of the molecule is NCC1OCCC12CC1CCC2C1. The summed E-state index contributed by atoms with van der Waals surface area (Å²) in [5, 5.41) is 0. The van der Waals surface area contributed by atoms with Gasteiger partial charge in [-0.1, -0.05) is 6.42 Å². The van der Waals surface area contributed by atoms with Crippen molar-refractivity contribution >= 4 is 0 Å². The lowest BCUT2D eigenvalue weighted by Crippen LogP contribution is -2.40. The zero-order valence-corrected chi connectivity index (χ0v) is 8.17. The van der Waals surface area contributed by atoms with Gasteiger partial charge in [-0.05, 0) is 37.5 Å². The van der Waals surface area contributed by atoms with Crippen molar-refractivity contribution in [2.45, 2.75) is 38.2 Å². The first-order chi connectivity index (χ1) is 6.35. The molecule has 3 rings (SSSR count). The van der Waals surface area contributed by atoms with Crippen LogP contribution < -0.4 is 5.73 Å². The number of fused-ring (bicyclic) bond motifs is 3. The maximum Gasteiger partial charge on any atom is 0.0756 e. The molecule has 0 amide bonds. The normalized spacial score (nSPS) is 53.8. The molecule has 0 aromatic rings. The van der Waals surface area contributed by atoms with Crippen molar-refractivity contribution in [2.75, 3.05) is 13.2 Å². The number of rotatable bonds is 1. The van der Waals surface area contributed by atoms with Crippen LogP contribution in [-0.2, 0) is 4.74 Å². The summed E-state index contributed by atoms with van der Waals surface area (Å²) in [5.41, 5.74) is 6.32. The van der Waals surface area contributed by atoms with Crippen molar-refractivity contribution in [3.8, 4) is 0 Å². The average Bonchev–Trinajstić information content (AvgIpc) is 2.80. The Morgan fingerprint density at radius 2 is 2.31 bits per heavy atom.